The first kappa shape index (κ1) is 21.6. The van der Waals surface area contributed by atoms with Gasteiger partial charge in [-0.2, -0.15) is 10.4 Å². The average molecular weight is 451 g/mol. The molecule has 4 aromatic rings. The molecule has 34 heavy (non-hydrogen) atoms. The minimum Gasteiger partial charge on any atom is -0.380 e. The molecule has 0 bridgehead atoms. The van der Waals surface area contributed by atoms with E-state index in [9.17, 15) is 0 Å². The molecular formula is C26H26N8. The zero-order chi connectivity index (χ0) is 23.3. The standard InChI is InChI=1S/C26H26N8/c1-34-17-21(15-32-34)20-11-23-26(31-14-20)33-24(16-30-23)25(19-5-3-2-4-6-19)28-10-9-18-7-8-22(12-27)29-13-18/h2-8,11,13-15,17,24-25,28,30H,9-10,16H2,1H3,(H,31,33)/t24-,25-/m1/s1. The molecule has 4 heterocycles. The molecule has 0 aliphatic carbocycles. The molecule has 8 heteroatoms. The Morgan fingerprint density at radius 3 is 2.74 bits per heavy atom. The number of hydrogen-bond acceptors (Lipinski definition) is 7. The lowest BCUT2D eigenvalue weighted by molar-refractivity contribution is 0.472. The lowest BCUT2D eigenvalue weighted by Crippen LogP contribution is -2.44. The summed E-state index contributed by atoms with van der Waals surface area (Å²) in [5.74, 6) is 0.850. The quantitative estimate of drug-likeness (QED) is 0.396. The van der Waals surface area contributed by atoms with Crippen LogP contribution in [0.4, 0.5) is 11.5 Å². The van der Waals surface area contributed by atoms with E-state index in [0.29, 0.717) is 5.69 Å². The molecule has 3 N–H and O–H groups in total. The van der Waals surface area contributed by atoms with Crippen LogP contribution < -0.4 is 16.0 Å². The van der Waals surface area contributed by atoms with Crippen molar-refractivity contribution in [3.05, 3.63) is 90.1 Å². The monoisotopic (exact) mass is 450 g/mol. The van der Waals surface area contributed by atoms with Gasteiger partial charge < -0.3 is 16.0 Å². The third kappa shape index (κ3) is 4.75. The van der Waals surface area contributed by atoms with Crippen LogP contribution >= 0.6 is 0 Å². The number of nitrogens with zero attached hydrogens (tertiary/aromatic N) is 5. The van der Waals surface area contributed by atoms with Gasteiger partial charge in [-0.1, -0.05) is 36.4 Å². The molecular weight excluding hydrogens is 424 g/mol. The Hall–Kier alpha value is -4.22. The van der Waals surface area contributed by atoms with Crippen molar-refractivity contribution >= 4 is 11.5 Å². The Morgan fingerprint density at radius 1 is 1.12 bits per heavy atom. The van der Waals surface area contributed by atoms with Crippen LogP contribution in [0.2, 0.25) is 0 Å². The number of nitriles is 1. The van der Waals surface area contributed by atoms with Crippen LogP contribution in [-0.2, 0) is 13.5 Å². The van der Waals surface area contributed by atoms with E-state index in [1.54, 1.807) is 16.9 Å². The molecule has 0 saturated heterocycles. The first-order valence-electron chi connectivity index (χ1n) is 11.3. The molecule has 0 unspecified atom stereocenters. The topological polar surface area (TPSA) is 103 Å². The van der Waals surface area contributed by atoms with E-state index in [1.807, 2.05) is 37.8 Å². The summed E-state index contributed by atoms with van der Waals surface area (Å²) in [6.45, 7) is 1.54. The Balaban J connectivity index is 1.30. The van der Waals surface area contributed by atoms with Crippen molar-refractivity contribution in [3.8, 4) is 17.2 Å². The van der Waals surface area contributed by atoms with Crippen LogP contribution in [0.1, 0.15) is 22.9 Å². The number of nitrogens with one attached hydrogen (secondary N) is 3. The van der Waals surface area contributed by atoms with Gasteiger partial charge in [0.05, 0.1) is 24.0 Å². The first-order valence-corrected chi connectivity index (χ1v) is 11.3. The Morgan fingerprint density at radius 2 is 2.00 bits per heavy atom. The SMILES string of the molecule is Cn1cc(-c2cnc3c(c2)NC[C@H]([C@H](NCCc2ccc(C#N)nc2)c2ccccc2)N3)cn1. The van der Waals surface area contributed by atoms with Gasteiger partial charge in [-0.15, -0.1) is 0 Å². The summed E-state index contributed by atoms with van der Waals surface area (Å²) in [5.41, 5.74) is 5.83. The molecule has 5 rings (SSSR count). The number of aromatic nitrogens is 4. The summed E-state index contributed by atoms with van der Waals surface area (Å²) in [7, 11) is 1.91. The van der Waals surface area contributed by atoms with E-state index in [-0.39, 0.29) is 12.1 Å². The molecule has 1 aliphatic heterocycles. The van der Waals surface area contributed by atoms with Gasteiger partial charge in [-0.3, -0.25) is 4.68 Å². The number of benzene rings is 1. The third-order valence-electron chi connectivity index (χ3n) is 6.04. The zero-order valence-corrected chi connectivity index (χ0v) is 18.9. The highest BCUT2D eigenvalue weighted by Gasteiger charge is 2.27. The van der Waals surface area contributed by atoms with Crippen LogP contribution in [0.5, 0.6) is 0 Å². The van der Waals surface area contributed by atoms with E-state index in [0.717, 1.165) is 47.7 Å². The van der Waals surface area contributed by atoms with Crippen molar-refractivity contribution in [2.24, 2.45) is 7.05 Å². The van der Waals surface area contributed by atoms with Crippen LogP contribution in [0, 0.1) is 11.3 Å². The fourth-order valence-electron chi connectivity index (χ4n) is 4.25. The van der Waals surface area contributed by atoms with Crippen LogP contribution in [-0.4, -0.2) is 38.9 Å². The molecule has 8 nitrogen and oxygen atoms in total. The van der Waals surface area contributed by atoms with E-state index in [2.05, 4.69) is 62.4 Å². The van der Waals surface area contributed by atoms with E-state index >= 15 is 0 Å². The normalized spacial score (nSPS) is 15.5. The Labute approximate surface area is 198 Å². The fraction of sp³-hybridized carbons (Fsp3) is 0.231. The Kier molecular flexibility index (Phi) is 6.19. The van der Waals surface area contributed by atoms with Gasteiger partial charge in [0.25, 0.3) is 0 Å². The maximum absolute atomic E-state index is 8.94. The van der Waals surface area contributed by atoms with Crippen molar-refractivity contribution in [1.29, 1.82) is 5.26 Å². The van der Waals surface area contributed by atoms with Gasteiger partial charge in [0.15, 0.2) is 0 Å². The van der Waals surface area contributed by atoms with Crippen molar-refractivity contribution < 1.29 is 0 Å². The largest absolute Gasteiger partial charge is 0.380 e. The second-order valence-electron chi connectivity index (χ2n) is 8.41. The number of anilines is 2. The highest BCUT2D eigenvalue weighted by Crippen LogP contribution is 2.32. The van der Waals surface area contributed by atoms with E-state index in [4.69, 9.17) is 10.2 Å². The molecule has 0 radical (unpaired) electrons. The predicted octanol–water partition coefficient (Wildman–Crippen LogP) is 3.53. The maximum atomic E-state index is 8.94. The van der Waals surface area contributed by atoms with Crippen molar-refractivity contribution in [2.75, 3.05) is 23.7 Å². The summed E-state index contributed by atoms with van der Waals surface area (Å²) in [5, 5.41) is 24.1. The van der Waals surface area contributed by atoms with E-state index < -0.39 is 0 Å². The molecule has 0 spiro atoms. The lowest BCUT2D eigenvalue weighted by atomic mass is 9.97. The first-order chi connectivity index (χ1) is 16.7. The lowest BCUT2D eigenvalue weighted by Gasteiger charge is -2.34. The molecule has 0 saturated carbocycles. The van der Waals surface area contributed by atoms with Gasteiger partial charge in [-0.25, -0.2) is 9.97 Å². The van der Waals surface area contributed by atoms with Gasteiger partial charge in [0.2, 0.25) is 0 Å². The number of fused-ring (bicyclic) bond motifs is 1. The van der Waals surface area contributed by atoms with Crippen LogP contribution in [0.15, 0.2) is 73.3 Å². The third-order valence-corrected chi connectivity index (χ3v) is 6.04. The molecule has 2 atom stereocenters. The smallest absolute Gasteiger partial charge is 0.149 e. The minimum absolute atomic E-state index is 0.0907. The summed E-state index contributed by atoms with van der Waals surface area (Å²) >= 11 is 0. The second-order valence-corrected chi connectivity index (χ2v) is 8.41. The molecule has 0 amide bonds. The highest BCUT2D eigenvalue weighted by molar-refractivity contribution is 5.75. The van der Waals surface area contributed by atoms with Crippen molar-refractivity contribution in [2.45, 2.75) is 18.5 Å². The summed E-state index contributed by atoms with van der Waals surface area (Å²) in [4.78, 5) is 8.88. The van der Waals surface area contributed by atoms with Crippen LogP contribution in [0.3, 0.4) is 0 Å². The summed E-state index contributed by atoms with van der Waals surface area (Å²) in [6.07, 6.45) is 8.32. The van der Waals surface area contributed by atoms with E-state index in [1.165, 1.54) is 5.56 Å². The summed E-state index contributed by atoms with van der Waals surface area (Å²) in [6, 6.07) is 18.6. The number of aryl methyl sites for hydroxylation is 1. The van der Waals surface area contributed by atoms with Gasteiger partial charge in [-0.05, 0) is 36.2 Å². The molecule has 170 valence electrons. The predicted molar refractivity (Wildman–Crippen MR) is 132 cm³/mol. The zero-order valence-electron chi connectivity index (χ0n) is 18.9. The van der Waals surface area contributed by atoms with Crippen molar-refractivity contribution in [3.63, 3.8) is 0 Å². The van der Waals surface area contributed by atoms with Gasteiger partial charge in [0.1, 0.15) is 17.6 Å². The maximum Gasteiger partial charge on any atom is 0.149 e. The van der Waals surface area contributed by atoms with Crippen LogP contribution in [0.25, 0.3) is 11.1 Å². The van der Waals surface area contributed by atoms with Crippen molar-refractivity contribution in [1.82, 2.24) is 25.1 Å². The molecule has 1 aromatic carbocycles. The minimum atomic E-state index is 0.0907. The number of pyridine rings is 2. The van der Waals surface area contributed by atoms with Gasteiger partial charge in [0, 0.05) is 43.3 Å². The Bertz CT molecular complexity index is 1290. The molecule has 1 aliphatic rings. The number of rotatable bonds is 7. The molecule has 0 fully saturated rings. The summed E-state index contributed by atoms with van der Waals surface area (Å²) < 4.78 is 1.79. The van der Waals surface area contributed by atoms with Gasteiger partial charge >= 0.3 is 0 Å². The number of hydrogen-bond donors (Lipinski definition) is 3. The highest BCUT2D eigenvalue weighted by atomic mass is 15.2. The fourth-order valence-corrected chi connectivity index (χ4v) is 4.25. The second kappa shape index (κ2) is 9.73. The molecule has 3 aromatic heterocycles. The average Bonchev–Trinajstić information content (AvgIpc) is 3.33.